The summed E-state index contributed by atoms with van der Waals surface area (Å²) in [5.41, 5.74) is 2.60. The number of rotatable bonds is 6. The van der Waals surface area contributed by atoms with Gasteiger partial charge < -0.3 is 10.7 Å². The number of thioether (sulfide) groups is 1. The number of nitrogens with two attached hydrogens (primary N) is 1. The maximum atomic E-state index is 5.43. The first-order valence-corrected chi connectivity index (χ1v) is 7.23. The molecule has 0 aromatic carbocycles. The van der Waals surface area contributed by atoms with E-state index in [2.05, 4.69) is 33.9 Å². The molecular weight excluding hydrogens is 234 g/mol. The molecule has 0 amide bonds. The van der Waals surface area contributed by atoms with Gasteiger partial charge in [-0.2, -0.15) is 11.8 Å². The van der Waals surface area contributed by atoms with E-state index < -0.39 is 0 Å². The maximum Gasteiger partial charge on any atom is 0.145 e. The van der Waals surface area contributed by atoms with Crippen LogP contribution in [0.3, 0.4) is 0 Å². The van der Waals surface area contributed by atoms with Gasteiger partial charge in [0.05, 0.1) is 0 Å². The average molecular weight is 253 g/mol. The summed E-state index contributed by atoms with van der Waals surface area (Å²) in [7, 11) is 0. The fourth-order valence-corrected chi connectivity index (χ4v) is 2.27. The molecule has 1 aromatic rings. The van der Waals surface area contributed by atoms with Gasteiger partial charge in [0, 0.05) is 23.8 Å². The van der Waals surface area contributed by atoms with Crippen molar-refractivity contribution in [3.05, 3.63) is 11.9 Å². The molecule has 1 aliphatic carbocycles. The van der Waals surface area contributed by atoms with E-state index in [0.29, 0.717) is 17.8 Å². The number of nitrogens with one attached hydrogen (secondary N) is 2. The summed E-state index contributed by atoms with van der Waals surface area (Å²) >= 11 is 1.82. The fraction of sp³-hybridized carbons (Fsp3) is 0.636. The Morgan fingerprint density at radius 1 is 1.47 bits per heavy atom. The Morgan fingerprint density at radius 2 is 2.18 bits per heavy atom. The Bertz CT molecular complexity index is 380. The Labute approximate surface area is 106 Å². The van der Waals surface area contributed by atoms with Gasteiger partial charge in [0.15, 0.2) is 0 Å². The molecule has 1 saturated carbocycles. The molecule has 94 valence electrons. The molecule has 2 rings (SSSR count). The van der Waals surface area contributed by atoms with Crippen molar-refractivity contribution in [2.75, 3.05) is 22.8 Å². The van der Waals surface area contributed by atoms with Crippen LogP contribution in [0.15, 0.2) is 6.07 Å². The van der Waals surface area contributed by atoms with Gasteiger partial charge in [-0.05, 0) is 26.0 Å². The molecule has 4 N–H and O–H groups in total. The first-order chi connectivity index (χ1) is 8.22. The van der Waals surface area contributed by atoms with E-state index in [4.69, 9.17) is 5.84 Å². The molecule has 6 heteroatoms. The van der Waals surface area contributed by atoms with Crippen molar-refractivity contribution in [1.29, 1.82) is 0 Å². The SMILES string of the molecule is CSCC(C)Nc1cc(NN)nc(C2CC2)n1. The summed E-state index contributed by atoms with van der Waals surface area (Å²) in [6.45, 7) is 2.14. The van der Waals surface area contributed by atoms with Crippen LogP contribution in [0.1, 0.15) is 31.5 Å². The highest BCUT2D eigenvalue weighted by molar-refractivity contribution is 7.98. The lowest BCUT2D eigenvalue weighted by atomic mass is 10.3. The molecule has 1 aliphatic rings. The zero-order valence-corrected chi connectivity index (χ0v) is 11.0. The monoisotopic (exact) mass is 253 g/mol. The number of hydrogen-bond acceptors (Lipinski definition) is 6. The summed E-state index contributed by atoms with van der Waals surface area (Å²) < 4.78 is 0. The van der Waals surface area contributed by atoms with Crippen LogP contribution < -0.4 is 16.6 Å². The summed E-state index contributed by atoms with van der Waals surface area (Å²) in [5, 5.41) is 3.37. The molecule has 0 aliphatic heterocycles. The van der Waals surface area contributed by atoms with E-state index in [1.54, 1.807) is 0 Å². The lowest BCUT2D eigenvalue weighted by Gasteiger charge is -2.14. The van der Waals surface area contributed by atoms with Crippen LogP contribution in [-0.4, -0.2) is 28.0 Å². The van der Waals surface area contributed by atoms with Crippen molar-refractivity contribution in [1.82, 2.24) is 9.97 Å². The number of aromatic nitrogens is 2. The Kier molecular flexibility index (Phi) is 4.06. The first-order valence-electron chi connectivity index (χ1n) is 5.84. The highest BCUT2D eigenvalue weighted by Gasteiger charge is 2.27. The van der Waals surface area contributed by atoms with Crippen LogP contribution in [0, 0.1) is 0 Å². The predicted molar refractivity (Wildman–Crippen MR) is 73.3 cm³/mol. The van der Waals surface area contributed by atoms with Crippen LogP contribution in [0.4, 0.5) is 11.6 Å². The Balaban J connectivity index is 2.11. The number of anilines is 2. The van der Waals surface area contributed by atoms with E-state index in [-0.39, 0.29) is 0 Å². The summed E-state index contributed by atoms with van der Waals surface area (Å²) in [6.07, 6.45) is 4.47. The van der Waals surface area contributed by atoms with E-state index >= 15 is 0 Å². The summed E-state index contributed by atoms with van der Waals surface area (Å²) in [4.78, 5) is 8.91. The van der Waals surface area contributed by atoms with Gasteiger partial charge in [0.1, 0.15) is 17.5 Å². The quantitative estimate of drug-likeness (QED) is 0.530. The van der Waals surface area contributed by atoms with Crippen LogP contribution in [-0.2, 0) is 0 Å². The van der Waals surface area contributed by atoms with Crippen LogP contribution >= 0.6 is 11.8 Å². The van der Waals surface area contributed by atoms with Gasteiger partial charge in [-0.1, -0.05) is 0 Å². The van der Waals surface area contributed by atoms with Gasteiger partial charge in [0.2, 0.25) is 0 Å². The van der Waals surface area contributed by atoms with Gasteiger partial charge >= 0.3 is 0 Å². The zero-order chi connectivity index (χ0) is 12.3. The lowest BCUT2D eigenvalue weighted by molar-refractivity contribution is 0.874. The molecule has 5 nitrogen and oxygen atoms in total. The molecule has 1 unspecified atom stereocenters. The topological polar surface area (TPSA) is 75.9 Å². The van der Waals surface area contributed by atoms with E-state index in [1.807, 2.05) is 17.8 Å². The second-order valence-electron chi connectivity index (χ2n) is 4.42. The van der Waals surface area contributed by atoms with Crippen LogP contribution in [0.25, 0.3) is 0 Å². The maximum absolute atomic E-state index is 5.43. The van der Waals surface area contributed by atoms with E-state index in [9.17, 15) is 0 Å². The normalized spacial score (nSPS) is 16.6. The molecule has 1 heterocycles. The predicted octanol–water partition coefficient (Wildman–Crippen LogP) is 1.80. The lowest BCUT2D eigenvalue weighted by Crippen LogP contribution is -2.20. The highest BCUT2D eigenvalue weighted by Crippen LogP contribution is 2.38. The highest BCUT2D eigenvalue weighted by atomic mass is 32.2. The largest absolute Gasteiger partial charge is 0.367 e. The summed E-state index contributed by atoms with van der Waals surface area (Å²) in [5.74, 6) is 9.44. The molecule has 1 fully saturated rings. The molecule has 0 radical (unpaired) electrons. The molecule has 0 bridgehead atoms. The van der Waals surface area contributed by atoms with E-state index in [0.717, 1.165) is 17.4 Å². The van der Waals surface area contributed by atoms with Crippen molar-refractivity contribution in [3.8, 4) is 0 Å². The smallest absolute Gasteiger partial charge is 0.145 e. The Morgan fingerprint density at radius 3 is 2.76 bits per heavy atom. The molecule has 1 atom stereocenters. The standard InChI is InChI=1S/C11H19N5S/c1-7(6-17-2)13-9-5-10(16-12)15-11(14-9)8-3-4-8/h5,7-8H,3-4,6,12H2,1-2H3,(H2,13,14,15,16). The number of hydrogen-bond donors (Lipinski definition) is 3. The molecule has 1 aromatic heterocycles. The number of nitrogens with zero attached hydrogens (tertiary/aromatic N) is 2. The van der Waals surface area contributed by atoms with Crippen molar-refractivity contribution in [2.45, 2.75) is 31.7 Å². The third kappa shape index (κ3) is 3.47. The fourth-order valence-electron chi connectivity index (χ4n) is 1.68. The van der Waals surface area contributed by atoms with Gasteiger partial charge in [-0.3, -0.25) is 0 Å². The second kappa shape index (κ2) is 5.55. The molecule has 0 saturated heterocycles. The van der Waals surface area contributed by atoms with Gasteiger partial charge in [-0.15, -0.1) is 0 Å². The van der Waals surface area contributed by atoms with Crippen molar-refractivity contribution in [3.63, 3.8) is 0 Å². The van der Waals surface area contributed by atoms with Crippen molar-refractivity contribution >= 4 is 23.4 Å². The number of hydrazine groups is 1. The first kappa shape index (κ1) is 12.4. The third-order valence-corrected chi connectivity index (χ3v) is 3.48. The summed E-state index contributed by atoms with van der Waals surface area (Å²) in [6, 6.07) is 2.24. The average Bonchev–Trinajstić information content (AvgIpc) is 3.12. The Hall–Kier alpha value is -1.01. The molecular formula is C11H19N5S. The number of nitrogen functional groups attached to an aromatic ring is 1. The zero-order valence-electron chi connectivity index (χ0n) is 10.2. The minimum absolute atomic E-state index is 0.387. The van der Waals surface area contributed by atoms with Crippen molar-refractivity contribution < 1.29 is 0 Å². The third-order valence-electron chi connectivity index (χ3n) is 2.64. The second-order valence-corrected chi connectivity index (χ2v) is 5.33. The van der Waals surface area contributed by atoms with Crippen molar-refractivity contribution in [2.24, 2.45) is 5.84 Å². The minimum atomic E-state index is 0.387. The molecule has 17 heavy (non-hydrogen) atoms. The van der Waals surface area contributed by atoms with Gasteiger partial charge in [-0.25, -0.2) is 15.8 Å². The van der Waals surface area contributed by atoms with Crippen LogP contribution in [0.5, 0.6) is 0 Å². The van der Waals surface area contributed by atoms with Gasteiger partial charge in [0.25, 0.3) is 0 Å². The van der Waals surface area contributed by atoms with E-state index in [1.165, 1.54) is 12.8 Å². The minimum Gasteiger partial charge on any atom is -0.367 e. The van der Waals surface area contributed by atoms with Crippen LogP contribution in [0.2, 0.25) is 0 Å². The molecule has 0 spiro atoms.